The van der Waals surface area contributed by atoms with Crippen molar-refractivity contribution in [3.05, 3.63) is 42.0 Å². The van der Waals surface area contributed by atoms with Crippen molar-refractivity contribution in [3.8, 4) is 0 Å². The van der Waals surface area contributed by atoms with Gasteiger partial charge in [-0.2, -0.15) is 0 Å². The van der Waals surface area contributed by atoms with Crippen LogP contribution in [0.15, 0.2) is 30.6 Å². The minimum absolute atomic E-state index is 0.0750. The zero-order valence-corrected chi connectivity index (χ0v) is 11.9. The first-order chi connectivity index (χ1) is 9.61. The highest BCUT2D eigenvalue weighted by Gasteiger charge is 2.09. The molecule has 5 heteroatoms. The van der Waals surface area contributed by atoms with Gasteiger partial charge in [0.2, 0.25) is 5.91 Å². The molecule has 1 heterocycles. The van der Waals surface area contributed by atoms with Crippen molar-refractivity contribution < 1.29 is 4.79 Å². The van der Waals surface area contributed by atoms with Gasteiger partial charge in [-0.25, -0.2) is 4.98 Å². The molecule has 0 atom stereocenters. The summed E-state index contributed by atoms with van der Waals surface area (Å²) < 4.78 is 1.88. The van der Waals surface area contributed by atoms with E-state index in [9.17, 15) is 4.79 Å². The lowest BCUT2D eigenvalue weighted by Gasteiger charge is -2.11. The van der Waals surface area contributed by atoms with Crippen molar-refractivity contribution >= 4 is 17.3 Å². The normalized spacial score (nSPS) is 10.5. The average molecular weight is 272 g/mol. The standard InChI is InChI=1S/C15H20N4O/c1-3-5-14-17-8-9-19(14)10-15(20)18-13-7-4-6-12(16)11(13)2/h4,6-9H,3,5,10,16H2,1-2H3,(H,18,20). The SMILES string of the molecule is CCCc1nccn1CC(=O)Nc1cccc(N)c1C. The Kier molecular flexibility index (Phi) is 4.40. The number of rotatable bonds is 5. The molecule has 0 radical (unpaired) electrons. The van der Waals surface area contributed by atoms with Gasteiger partial charge in [-0.1, -0.05) is 13.0 Å². The van der Waals surface area contributed by atoms with E-state index in [0.717, 1.165) is 29.9 Å². The van der Waals surface area contributed by atoms with Crippen LogP contribution in [0, 0.1) is 6.92 Å². The predicted octanol–water partition coefficient (Wildman–Crippen LogP) is 2.36. The molecule has 0 bridgehead atoms. The van der Waals surface area contributed by atoms with Crippen molar-refractivity contribution in [2.75, 3.05) is 11.1 Å². The van der Waals surface area contributed by atoms with Gasteiger partial charge in [-0.05, 0) is 31.0 Å². The van der Waals surface area contributed by atoms with E-state index < -0.39 is 0 Å². The number of benzene rings is 1. The number of nitrogens with one attached hydrogen (secondary N) is 1. The maximum absolute atomic E-state index is 12.1. The first kappa shape index (κ1) is 14.1. The first-order valence-corrected chi connectivity index (χ1v) is 6.76. The number of carbonyl (C=O) groups excluding carboxylic acids is 1. The molecule has 1 amide bonds. The zero-order valence-electron chi connectivity index (χ0n) is 11.9. The Hall–Kier alpha value is -2.30. The summed E-state index contributed by atoms with van der Waals surface area (Å²) in [4.78, 5) is 16.4. The van der Waals surface area contributed by atoms with Crippen LogP contribution in [0.2, 0.25) is 0 Å². The highest BCUT2D eigenvalue weighted by molar-refractivity contribution is 5.92. The molecule has 0 aliphatic carbocycles. The second-order valence-electron chi connectivity index (χ2n) is 4.79. The average Bonchev–Trinajstić information content (AvgIpc) is 2.83. The lowest BCUT2D eigenvalue weighted by Crippen LogP contribution is -2.20. The Labute approximate surface area is 118 Å². The summed E-state index contributed by atoms with van der Waals surface area (Å²) in [6.07, 6.45) is 5.44. The summed E-state index contributed by atoms with van der Waals surface area (Å²) in [6, 6.07) is 5.50. The molecule has 106 valence electrons. The molecule has 0 saturated heterocycles. The number of aromatic nitrogens is 2. The fourth-order valence-corrected chi connectivity index (χ4v) is 2.07. The van der Waals surface area contributed by atoms with E-state index in [-0.39, 0.29) is 12.5 Å². The molecule has 2 rings (SSSR count). The van der Waals surface area contributed by atoms with E-state index in [4.69, 9.17) is 5.73 Å². The van der Waals surface area contributed by atoms with Gasteiger partial charge < -0.3 is 15.6 Å². The Morgan fingerprint density at radius 3 is 3.00 bits per heavy atom. The van der Waals surface area contributed by atoms with Gasteiger partial charge in [0.1, 0.15) is 12.4 Å². The molecule has 5 nitrogen and oxygen atoms in total. The molecule has 0 fully saturated rings. The number of nitrogens with two attached hydrogens (primary N) is 1. The Bertz CT molecular complexity index is 604. The van der Waals surface area contributed by atoms with Crippen molar-refractivity contribution in [1.29, 1.82) is 0 Å². The number of nitrogens with zero attached hydrogens (tertiary/aromatic N) is 2. The molecule has 20 heavy (non-hydrogen) atoms. The van der Waals surface area contributed by atoms with Gasteiger partial charge in [-0.3, -0.25) is 4.79 Å². The van der Waals surface area contributed by atoms with E-state index in [2.05, 4.69) is 17.2 Å². The van der Waals surface area contributed by atoms with Crippen molar-refractivity contribution in [1.82, 2.24) is 9.55 Å². The number of imidazole rings is 1. The lowest BCUT2D eigenvalue weighted by molar-refractivity contribution is -0.116. The monoisotopic (exact) mass is 272 g/mol. The number of anilines is 2. The molecule has 1 aromatic heterocycles. The number of aryl methyl sites for hydroxylation is 1. The van der Waals surface area contributed by atoms with Crippen LogP contribution in [0.3, 0.4) is 0 Å². The second kappa shape index (κ2) is 6.23. The Morgan fingerprint density at radius 1 is 1.45 bits per heavy atom. The minimum atomic E-state index is -0.0750. The Balaban J connectivity index is 2.05. The van der Waals surface area contributed by atoms with Crippen LogP contribution in [0.25, 0.3) is 0 Å². The lowest BCUT2D eigenvalue weighted by atomic mass is 10.1. The van der Waals surface area contributed by atoms with Crippen molar-refractivity contribution in [2.24, 2.45) is 0 Å². The molecule has 0 saturated carbocycles. The summed E-state index contributed by atoms with van der Waals surface area (Å²) >= 11 is 0. The third-order valence-electron chi connectivity index (χ3n) is 3.24. The van der Waals surface area contributed by atoms with Crippen LogP contribution in [0.1, 0.15) is 24.7 Å². The fraction of sp³-hybridized carbons (Fsp3) is 0.333. The van der Waals surface area contributed by atoms with Gasteiger partial charge >= 0.3 is 0 Å². The van der Waals surface area contributed by atoms with E-state index >= 15 is 0 Å². The van der Waals surface area contributed by atoms with Crippen LogP contribution < -0.4 is 11.1 Å². The van der Waals surface area contributed by atoms with Crippen molar-refractivity contribution in [3.63, 3.8) is 0 Å². The summed E-state index contributed by atoms with van der Waals surface area (Å²) in [5.74, 6) is 0.862. The highest BCUT2D eigenvalue weighted by atomic mass is 16.1. The number of hydrogen-bond acceptors (Lipinski definition) is 3. The third kappa shape index (κ3) is 3.17. The summed E-state index contributed by atoms with van der Waals surface area (Å²) in [5, 5.41) is 2.89. The molecule has 0 aliphatic heterocycles. The van der Waals surface area contributed by atoms with Crippen LogP contribution in [-0.4, -0.2) is 15.5 Å². The molecule has 0 aliphatic rings. The molecular weight excluding hydrogens is 252 g/mol. The molecule has 3 N–H and O–H groups in total. The summed E-state index contributed by atoms with van der Waals surface area (Å²) in [6.45, 7) is 4.25. The maximum atomic E-state index is 12.1. The van der Waals surface area contributed by atoms with Gasteiger partial charge in [0, 0.05) is 30.2 Å². The largest absolute Gasteiger partial charge is 0.398 e. The van der Waals surface area contributed by atoms with Gasteiger partial charge in [0.05, 0.1) is 0 Å². The molecule has 2 aromatic rings. The van der Waals surface area contributed by atoms with Gasteiger partial charge in [0.15, 0.2) is 0 Å². The van der Waals surface area contributed by atoms with Gasteiger partial charge in [-0.15, -0.1) is 0 Å². The molecule has 0 unspecified atom stereocenters. The topological polar surface area (TPSA) is 72.9 Å². The third-order valence-corrected chi connectivity index (χ3v) is 3.24. The quantitative estimate of drug-likeness (QED) is 0.821. The summed E-state index contributed by atoms with van der Waals surface area (Å²) in [7, 11) is 0. The minimum Gasteiger partial charge on any atom is -0.398 e. The second-order valence-corrected chi connectivity index (χ2v) is 4.79. The molecule has 1 aromatic carbocycles. The van der Waals surface area contributed by atoms with Crippen molar-refractivity contribution in [2.45, 2.75) is 33.2 Å². The van der Waals surface area contributed by atoms with Crippen LogP contribution in [0.4, 0.5) is 11.4 Å². The van der Waals surface area contributed by atoms with Crippen LogP contribution in [-0.2, 0) is 17.8 Å². The zero-order chi connectivity index (χ0) is 14.5. The number of nitrogen functional groups attached to an aromatic ring is 1. The van der Waals surface area contributed by atoms with E-state index in [1.165, 1.54) is 0 Å². The van der Waals surface area contributed by atoms with E-state index in [1.54, 1.807) is 6.20 Å². The first-order valence-electron chi connectivity index (χ1n) is 6.76. The highest BCUT2D eigenvalue weighted by Crippen LogP contribution is 2.20. The Morgan fingerprint density at radius 2 is 2.25 bits per heavy atom. The van der Waals surface area contributed by atoms with E-state index in [1.807, 2.05) is 35.9 Å². The maximum Gasteiger partial charge on any atom is 0.244 e. The number of hydrogen-bond donors (Lipinski definition) is 2. The van der Waals surface area contributed by atoms with Crippen LogP contribution in [0.5, 0.6) is 0 Å². The van der Waals surface area contributed by atoms with E-state index in [0.29, 0.717) is 5.69 Å². The predicted molar refractivity (Wildman–Crippen MR) is 80.4 cm³/mol. The fourth-order valence-electron chi connectivity index (χ4n) is 2.07. The number of amides is 1. The van der Waals surface area contributed by atoms with Crippen LogP contribution >= 0.6 is 0 Å². The smallest absolute Gasteiger partial charge is 0.244 e. The van der Waals surface area contributed by atoms with Gasteiger partial charge in [0.25, 0.3) is 0 Å². The molecular formula is C15H20N4O. The summed E-state index contributed by atoms with van der Waals surface area (Å²) in [5.41, 5.74) is 8.15. The molecule has 0 spiro atoms. The number of carbonyl (C=O) groups is 1.